The number of hydrogen-bond acceptors (Lipinski definition) is 5. The Morgan fingerprint density at radius 3 is 2.40 bits per heavy atom. The van der Waals surface area contributed by atoms with Crippen LogP contribution in [-0.2, 0) is 29.5 Å². The molecule has 2 heterocycles. The summed E-state index contributed by atoms with van der Waals surface area (Å²) in [6.07, 6.45) is 0.794. The largest absolute Gasteiger partial charge is 0.296 e. The molecule has 0 aliphatic rings. The van der Waals surface area contributed by atoms with E-state index in [0.717, 1.165) is 17.8 Å². The highest BCUT2D eigenvalue weighted by Crippen LogP contribution is 2.21. The molecule has 8 nitrogen and oxygen atoms in total. The molecule has 0 aromatic carbocycles. The average Bonchev–Trinajstić information content (AvgIpc) is 3.00. The molecule has 0 atom stereocenters. The molecular formula is C11H18N6O2S. The summed E-state index contributed by atoms with van der Waals surface area (Å²) in [5, 5.41) is 17.0. The number of rotatable bonds is 5. The molecule has 0 aliphatic heterocycles. The van der Waals surface area contributed by atoms with Crippen molar-refractivity contribution in [2.24, 2.45) is 5.14 Å². The summed E-state index contributed by atoms with van der Waals surface area (Å²) in [5.41, 5.74) is 1.67. The molecular weight excluding hydrogens is 280 g/mol. The van der Waals surface area contributed by atoms with Crippen molar-refractivity contribution in [2.45, 2.75) is 45.4 Å². The van der Waals surface area contributed by atoms with E-state index in [9.17, 15) is 8.42 Å². The zero-order chi connectivity index (χ0) is 14.9. The predicted octanol–water partition coefficient (Wildman–Crippen LogP) is 0.391. The van der Waals surface area contributed by atoms with Gasteiger partial charge >= 0.3 is 0 Å². The van der Waals surface area contributed by atoms with E-state index < -0.39 is 10.0 Å². The Balaban J connectivity index is 2.64. The zero-order valence-electron chi connectivity index (χ0n) is 11.7. The van der Waals surface area contributed by atoms with E-state index in [1.165, 1.54) is 4.57 Å². The first kappa shape index (κ1) is 14.7. The van der Waals surface area contributed by atoms with Gasteiger partial charge in [-0.3, -0.25) is 9.25 Å². The highest BCUT2D eigenvalue weighted by atomic mass is 32.2. The first-order valence-electron chi connectivity index (χ1n) is 6.45. The van der Waals surface area contributed by atoms with Crippen LogP contribution < -0.4 is 5.14 Å². The van der Waals surface area contributed by atoms with Crippen LogP contribution >= 0.6 is 0 Å². The van der Waals surface area contributed by atoms with Crippen LogP contribution in [-0.4, -0.2) is 33.0 Å². The molecule has 110 valence electrons. The van der Waals surface area contributed by atoms with Gasteiger partial charge in [-0.2, -0.15) is 5.10 Å². The summed E-state index contributed by atoms with van der Waals surface area (Å²) in [6, 6.07) is 1.90. The molecule has 0 fully saturated rings. The maximum Gasteiger partial charge on any atom is 0.273 e. The molecule has 0 saturated heterocycles. The van der Waals surface area contributed by atoms with Crippen molar-refractivity contribution in [3.63, 3.8) is 0 Å². The summed E-state index contributed by atoms with van der Waals surface area (Å²) in [5.74, 6) is 0.463. The fourth-order valence-electron chi connectivity index (χ4n) is 2.04. The van der Waals surface area contributed by atoms with Crippen molar-refractivity contribution in [1.82, 2.24) is 24.5 Å². The maximum atomic E-state index is 11.5. The molecule has 2 aromatic rings. The van der Waals surface area contributed by atoms with Crippen molar-refractivity contribution in [3.8, 4) is 11.5 Å². The summed E-state index contributed by atoms with van der Waals surface area (Å²) in [7, 11) is -3.89. The summed E-state index contributed by atoms with van der Waals surface area (Å²) >= 11 is 0. The third-order valence-electron chi connectivity index (χ3n) is 3.01. The molecule has 9 heteroatoms. The van der Waals surface area contributed by atoms with Gasteiger partial charge in [0.25, 0.3) is 15.2 Å². The molecule has 2 aromatic heterocycles. The second kappa shape index (κ2) is 5.33. The second-order valence-corrected chi connectivity index (χ2v) is 5.74. The fourth-order valence-corrected chi connectivity index (χ4v) is 2.72. The summed E-state index contributed by atoms with van der Waals surface area (Å²) < 4.78 is 26.3. The van der Waals surface area contributed by atoms with Crippen molar-refractivity contribution in [3.05, 3.63) is 11.8 Å². The monoisotopic (exact) mass is 298 g/mol. The highest BCUT2D eigenvalue weighted by Gasteiger charge is 2.23. The Morgan fingerprint density at radius 1 is 1.20 bits per heavy atom. The van der Waals surface area contributed by atoms with Gasteiger partial charge in [-0.05, 0) is 26.3 Å². The van der Waals surface area contributed by atoms with E-state index in [0.29, 0.717) is 18.9 Å². The lowest BCUT2D eigenvalue weighted by molar-refractivity contribution is 0.569. The van der Waals surface area contributed by atoms with Gasteiger partial charge in [-0.15, -0.1) is 10.2 Å². The minimum absolute atomic E-state index is 0.225. The molecule has 0 radical (unpaired) electrons. The summed E-state index contributed by atoms with van der Waals surface area (Å²) in [6.45, 7) is 6.85. The zero-order valence-corrected chi connectivity index (χ0v) is 12.6. The average molecular weight is 298 g/mol. The number of nitrogens with two attached hydrogens (primary N) is 1. The van der Waals surface area contributed by atoms with Crippen LogP contribution in [0.3, 0.4) is 0 Å². The molecule has 2 rings (SSSR count). The first-order valence-corrected chi connectivity index (χ1v) is 8.00. The quantitative estimate of drug-likeness (QED) is 0.859. The van der Waals surface area contributed by atoms with Crippen LogP contribution in [0.1, 0.15) is 26.5 Å². The van der Waals surface area contributed by atoms with E-state index >= 15 is 0 Å². The lowest BCUT2D eigenvalue weighted by Crippen LogP contribution is -2.18. The molecule has 0 aliphatic carbocycles. The van der Waals surface area contributed by atoms with Gasteiger partial charge in [0, 0.05) is 13.1 Å². The normalized spacial score (nSPS) is 12.0. The molecule has 0 unspecified atom stereocenters. The van der Waals surface area contributed by atoms with E-state index in [1.54, 1.807) is 4.68 Å². The van der Waals surface area contributed by atoms with Crippen LogP contribution in [0.2, 0.25) is 0 Å². The van der Waals surface area contributed by atoms with Crippen LogP contribution in [0, 0.1) is 0 Å². The molecule has 0 amide bonds. The van der Waals surface area contributed by atoms with Crippen molar-refractivity contribution >= 4 is 10.0 Å². The Kier molecular flexibility index (Phi) is 3.91. The molecule has 0 saturated carbocycles. The highest BCUT2D eigenvalue weighted by molar-refractivity contribution is 7.89. The Hall–Kier alpha value is -1.74. The number of primary sulfonamides is 1. The number of hydrogen-bond donors (Lipinski definition) is 1. The molecule has 20 heavy (non-hydrogen) atoms. The van der Waals surface area contributed by atoms with Crippen molar-refractivity contribution in [1.29, 1.82) is 0 Å². The lowest BCUT2D eigenvalue weighted by Gasteiger charge is -2.07. The van der Waals surface area contributed by atoms with Crippen LogP contribution in [0.15, 0.2) is 11.2 Å². The Bertz CT molecular complexity index is 715. The van der Waals surface area contributed by atoms with Gasteiger partial charge in [0.05, 0.1) is 5.69 Å². The van der Waals surface area contributed by atoms with E-state index in [1.807, 2.05) is 26.8 Å². The molecule has 0 bridgehead atoms. The smallest absolute Gasteiger partial charge is 0.273 e. The Morgan fingerprint density at radius 2 is 1.90 bits per heavy atom. The SMILES string of the molecule is CCc1cc(-c2nnc(S(N)(=O)=O)n2CC)n(CC)n1. The topological polar surface area (TPSA) is 109 Å². The van der Waals surface area contributed by atoms with Crippen molar-refractivity contribution in [2.75, 3.05) is 0 Å². The van der Waals surface area contributed by atoms with Crippen LogP contribution in [0.4, 0.5) is 0 Å². The van der Waals surface area contributed by atoms with Gasteiger partial charge in [-0.25, -0.2) is 13.6 Å². The van der Waals surface area contributed by atoms with E-state index in [-0.39, 0.29) is 5.16 Å². The number of aromatic nitrogens is 5. The minimum Gasteiger partial charge on any atom is -0.296 e. The standard InChI is InChI=1S/C11H18N6O2S/c1-4-8-7-9(17(6-3)15-8)10-13-14-11(16(10)5-2)20(12,18)19/h7H,4-6H2,1-3H3,(H2,12,18,19). The van der Waals surface area contributed by atoms with E-state index in [4.69, 9.17) is 5.14 Å². The number of nitrogens with zero attached hydrogens (tertiary/aromatic N) is 5. The number of aryl methyl sites for hydroxylation is 2. The first-order chi connectivity index (χ1) is 9.42. The fraction of sp³-hybridized carbons (Fsp3) is 0.545. The van der Waals surface area contributed by atoms with Crippen LogP contribution in [0.25, 0.3) is 11.5 Å². The van der Waals surface area contributed by atoms with Gasteiger partial charge in [0.1, 0.15) is 5.69 Å². The number of sulfonamides is 1. The van der Waals surface area contributed by atoms with Gasteiger partial charge in [-0.1, -0.05) is 6.92 Å². The lowest BCUT2D eigenvalue weighted by atomic mass is 10.3. The molecule has 0 spiro atoms. The molecule has 2 N–H and O–H groups in total. The summed E-state index contributed by atoms with van der Waals surface area (Å²) in [4.78, 5) is 0. The second-order valence-electron chi connectivity index (χ2n) is 4.29. The van der Waals surface area contributed by atoms with Crippen molar-refractivity contribution < 1.29 is 8.42 Å². The van der Waals surface area contributed by atoms with Gasteiger partial charge in [0.15, 0.2) is 5.82 Å². The third kappa shape index (κ3) is 2.46. The third-order valence-corrected chi connectivity index (χ3v) is 3.82. The maximum absolute atomic E-state index is 11.5. The van der Waals surface area contributed by atoms with Gasteiger partial charge in [0.2, 0.25) is 0 Å². The van der Waals surface area contributed by atoms with E-state index in [2.05, 4.69) is 15.3 Å². The van der Waals surface area contributed by atoms with Crippen LogP contribution in [0.5, 0.6) is 0 Å². The Labute approximate surface area is 117 Å². The predicted molar refractivity (Wildman–Crippen MR) is 73.3 cm³/mol. The minimum atomic E-state index is -3.89. The van der Waals surface area contributed by atoms with Gasteiger partial charge < -0.3 is 0 Å².